The zero-order valence-electron chi connectivity index (χ0n) is 14.2. The fourth-order valence-corrected chi connectivity index (χ4v) is 4.62. The van der Waals surface area contributed by atoms with E-state index in [4.69, 9.17) is 4.74 Å². The molecule has 0 amide bonds. The number of pyridine rings is 1. The van der Waals surface area contributed by atoms with E-state index in [2.05, 4.69) is 21.3 Å². The SMILES string of the molecule is Oc1ccc(CNc2cnc3c(c2)C[C@@]2(CN4CCC2CC4)O3)cc1. The first-order valence-electron chi connectivity index (χ1n) is 9.12. The Labute approximate surface area is 147 Å². The maximum absolute atomic E-state index is 9.37. The molecule has 5 nitrogen and oxygen atoms in total. The Hall–Kier alpha value is -2.27. The second-order valence-electron chi connectivity index (χ2n) is 7.60. The number of rotatable bonds is 3. The van der Waals surface area contributed by atoms with Crippen molar-refractivity contribution in [2.24, 2.45) is 5.92 Å². The normalized spacial score (nSPS) is 29.4. The third kappa shape index (κ3) is 2.63. The lowest BCUT2D eigenvalue weighted by molar-refractivity contribution is -0.0814. The second kappa shape index (κ2) is 5.63. The summed E-state index contributed by atoms with van der Waals surface area (Å²) >= 11 is 0. The lowest BCUT2D eigenvalue weighted by Gasteiger charge is -2.50. The minimum absolute atomic E-state index is 0.0403. The van der Waals surface area contributed by atoms with Crippen LogP contribution in [0.15, 0.2) is 36.5 Å². The number of hydrogen-bond donors (Lipinski definition) is 2. The van der Waals surface area contributed by atoms with E-state index in [9.17, 15) is 5.11 Å². The highest BCUT2D eigenvalue weighted by atomic mass is 16.5. The van der Waals surface area contributed by atoms with Gasteiger partial charge < -0.3 is 15.2 Å². The summed E-state index contributed by atoms with van der Waals surface area (Å²) in [5.74, 6) is 1.78. The van der Waals surface area contributed by atoms with E-state index in [0.717, 1.165) is 30.1 Å². The summed E-state index contributed by atoms with van der Waals surface area (Å²) in [6.07, 6.45) is 5.34. The smallest absolute Gasteiger partial charge is 0.217 e. The molecule has 4 aliphatic heterocycles. The number of fused-ring (bicyclic) bond motifs is 3. The van der Waals surface area contributed by atoms with Crippen LogP contribution in [0, 0.1) is 5.92 Å². The number of benzene rings is 1. The van der Waals surface area contributed by atoms with E-state index in [1.807, 2.05) is 18.3 Å². The van der Waals surface area contributed by atoms with Gasteiger partial charge in [0.1, 0.15) is 11.4 Å². The standard InChI is InChI=1S/C20H23N3O2/c24-18-3-1-14(2-4-18)11-21-17-9-15-10-20(25-19(15)22-12-17)13-23-7-5-16(20)6-8-23/h1-4,9,12,16,21,24H,5-8,10-11,13H2/t20-/m0/s1. The van der Waals surface area contributed by atoms with Crippen molar-refractivity contribution in [2.75, 3.05) is 25.0 Å². The molecular formula is C20H23N3O2. The van der Waals surface area contributed by atoms with Gasteiger partial charge in [0, 0.05) is 31.0 Å². The van der Waals surface area contributed by atoms with Crippen molar-refractivity contribution in [3.8, 4) is 11.6 Å². The molecule has 3 fully saturated rings. The number of hydrogen-bond acceptors (Lipinski definition) is 5. The van der Waals surface area contributed by atoms with Crippen molar-refractivity contribution >= 4 is 5.69 Å². The number of ether oxygens (including phenoxy) is 1. The summed E-state index contributed by atoms with van der Waals surface area (Å²) in [4.78, 5) is 7.11. The maximum Gasteiger partial charge on any atom is 0.217 e. The molecule has 0 saturated carbocycles. The lowest BCUT2D eigenvalue weighted by atomic mass is 9.73. The number of phenolic OH excluding ortho intramolecular Hbond substituents is 1. The molecule has 5 heterocycles. The molecule has 3 saturated heterocycles. The minimum Gasteiger partial charge on any atom is -0.508 e. The van der Waals surface area contributed by atoms with Crippen molar-refractivity contribution in [3.05, 3.63) is 47.7 Å². The maximum atomic E-state index is 9.37. The highest BCUT2D eigenvalue weighted by Gasteiger charge is 2.52. The van der Waals surface area contributed by atoms with Gasteiger partial charge in [0.2, 0.25) is 5.88 Å². The zero-order chi connectivity index (χ0) is 16.9. The average Bonchev–Trinajstić information content (AvgIpc) is 2.99. The van der Waals surface area contributed by atoms with Crippen LogP contribution in [0.5, 0.6) is 11.6 Å². The van der Waals surface area contributed by atoms with E-state index in [0.29, 0.717) is 18.2 Å². The molecule has 0 radical (unpaired) electrons. The Morgan fingerprint density at radius 2 is 2.04 bits per heavy atom. The van der Waals surface area contributed by atoms with Gasteiger partial charge in [-0.15, -0.1) is 0 Å². The number of piperidine rings is 3. The van der Waals surface area contributed by atoms with Crippen molar-refractivity contribution < 1.29 is 9.84 Å². The number of aromatic nitrogens is 1. The van der Waals surface area contributed by atoms with Crippen molar-refractivity contribution in [1.29, 1.82) is 0 Å². The summed E-state index contributed by atoms with van der Waals surface area (Å²) < 4.78 is 6.39. The summed E-state index contributed by atoms with van der Waals surface area (Å²) in [6, 6.07) is 9.46. The number of aromatic hydroxyl groups is 1. The second-order valence-corrected chi connectivity index (χ2v) is 7.60. The minimum atomic E-state index is -0.0403. The van der Waals surface area contributed by atoms with E-state index < -0.39 is 0 Å². The molecule has 4 aliphatic rings. The first-order chi connectivity index (χ1) is 12.2. The topological polar surface area (TPSA) is 57.6 Å². The van der Waals surface area contributed by atoms with Gasteiger partial charge in [0.15, 0.2) is 0 Å². The molecule has 25 heavy (non-hydrogen) atoms. The van der Waals surface area contributed by atoms with Crippen LogP contribution >= 0.6 is 0 Å². The molecule has 2 aromatic rings. The first kappa shape index (κ1) is 15.0. The molecule has 2 bridgehead atoms. The van der Waals surface area contributed by atoms with Gasteiger partial charge in [-0.05, 0) is 49.7 Å². The molecule has 1 atom stereocenters. The highest BCUT2D eigenvalue weighted by molar-refractivity contribution is 5.49. The Bertz CT molecular complexity index is 784. The zero-order valence-corrected chi connectivity index (χ0v) is 14.2. The first-order valence-corrected chi connectivity index (χ1v) is 9.12. The Morgan fingerprint density at radius 3 is 2.76 bits per heavy atom. The molecular weight excluding hydrogens is 314 g/mol. The summed E-state index contributed by atoms with van der Waals surface area (Å²) in [5, 5.41) is 12.8. The number of nitrogens with one attached hydrogen (secondary N) is 1. The predicted octanol–water partition coefficient (Wildman–Crippen LogP) is 2.80. The van der Waals surface area contributed by atoms with Crippen molar-refractivity contribution in [3.63, 3.8) is 0 Å². The van der Waals surface area contributed by atoms with E-state index in [1.165, 1.54) is 31.5 Å². The van der Waals surface area contributed by atoms with Crippen LogP contribution in [0.3, 0.4) is 0 Å². The third-order valence-corrected chi connectivity index (χ3v) is 5.97. The van der Waals surface area contributed by atoms with Gasteiger partial charge in [0.05, 0.1) is 11.9 Å². The van der Waals surface area contributed by atoms with Crippen LogP contribution in [0.25, 0.3) is 0 Å². The van der Waals surface area contributed by atoms with E-state index in [-0.39, 0.29) is 5.60 Å². The van der Waals surface area contributed by atoms with Crippen LogP contribution in [-0.4, -0.2) is 40.2 Å². The van der Waals surface area contributed by atoms with Gasteiger partial charge in [-0.2, -0.15) is 0 Å². The molecule has 6 rings (SSSR count). The fraction of sp³-hybridized carbons (Fsp3) is 0.450. The Kier molecular flexibility index (Phi) is 3.38. The van der Waals surface area contributed by atoms with Gasteiger partial charge in [0.25, 0.3) is 0 Å². The van der Waals surface area contributed by atoms with Crippen LogP contribution in [0.4, 0.5) is 5.69 Å². The highest BCUT2D eigenvalue weighted by Crippen LogP contribution is 2.46. The van der Waals surface area contributed by atoms with Gasteiger partial charge in [-0.3, -0.25) is 4.90 Å². The van der Waals surface area contributed by atoms with Gasteiger partial charge >= 0.3 is 0 Å². The summed E-state index contributed by atoms with van der Waals surface area (Å²) in [5.41, 5.74) is 3.34. The molecule has 1 aromatic heterocycles. The van der Waals surface area contributed by atoms with Gasteiger partial charge in [-0.25, -0.2) is 4.98 Å². The average molecular weight is 337 g/mol. The van der Waals surface area contributed by atoms with E-state index in [1.54, 1.807) is 12.1 Å². The molecule has 1 spiro atoms. The van der Waals surface area contributed by atoms with Gasteiger partial charge in [-0.1, -0.05) is 12.1 Å². The Balaban J connectivity index is 1.31. The van der Waals surface area contributed by atoms with Crippen molar-refractivity contribution in [1.82, 2.24) is 9.88 Å². The molecule has 2 N–H and O–H groups in total. The molecule has 0 unspecified atom stereocenters. The van der Waals surface area contributed by atoms with Crippen molar-refractivity contribution in [2.45, 2.75) is 31.4 Å². The fourth-order valence-electron chi connectivity index (χ4n) is 4.62. The monoisotopic (exact) mass is 337 g/mol. The summed E-state index contributed by atoms with van der Waals surface area (Å²) in [7, 11) is 0. The quantitative estimate of drug-likeness (QED) is 0.902. The van der Waals surface area contributed by atoms with Crippen LogP contribution in [0.2, 0.25) is 0 Å². The number of anilines is 1. The third-order valence-electron chi connectivity index (χ3n) is 5.97. The predicted molar refractivity (Wildman–Crippen MR) is 95.9 cm³/mol. The molecule has 130 valence electrons. The summed E-state index contributed by atoms with van der Waals surface area (Å²) in [6.45, 7) is 4.20. The van der Waals surface area contributed by atoms with Crippen LogP contribution in [0.1, 0.15) is 24.0 Å². The molecule has 1 aromatic carbocycles. The van der Waals surface area contributed by atoms with Crippen LogP contribution < -0.4 is 10.1 Å². The Morgan fingerprint density at radius 1 is 1.24 bits per heavy atom. The lowest BCUT2D eigenvalue weighted by Crippen LogP contribution is -2.61. The number of phenols is 1. The van der Waals surface area contributed by atoms with E-state index >= 15 is 0 Å². The van der Waals surface area contributed by atoms with Crippen LogP contribution in [-0.2, 0) is 13.0 Å². The largest absolute Gasteiger partial charge is 0.508 e. The number of nitrogens with zero attached hydrogens (tertiary/aromatic N) is 2. The molecule has 0 aliphatic carbocycles. The molecule has 5 heteroatoms.